The Balaban J connectivity index is 1.58. The number of carbonyl (C=O) groups excluding carboxylic acids is 1. The Labute approximate surface area is 164 Å². The summed E-state index contributed by atoms with van der Waals surface area (Å²) in [5.41, 5.74) is 5.84. The molecule has 4 rings (SSSR count). The van der Waals surface area contributed by atoms with E-state index in [4.69, 9.17) is 0 Å². The Hall–Kier alpha value is -3.40. The van der Waals surface area contributed by atoms with Gasteiger partial charge in [0.25, 0.3) is 0 Å². The molecule has 0 heterocycles. The van der Waals surface area contributed by atoms with Gasteiger partial charge in [-0.3, -0.25) is 4.79 Å². The van der Waals surface area contributed by atoms with E-state index in [1.54, 1.807) is 25.1 Å². The number of amides is 1. The molecule has 0 spiro atoms. The minimum Gasteiger partial charge on any atom is -0.507 e. The van der Waals surface area contributed by atoms with E-state index in [9.17, 15) is 9.90 Å². The molecule has 0 unspecified atom stereocenters. The van der Waals surface area contributed by atoms with E-state index in [-0.39, 0.29) is 23.0 Å². The van der Waals surface area contributed by atoms with Crippen molar-refractivity contribution in [3.05, 3.63) is 102 Å². The van der Waals surface area contributed by atoms with Crippen molar-refractivity contribution >= 4 is 11.6 Å². The van der Waals surface area contributed by atoms with E-state index in [2.05, 4.69) is 34.8 Å². The van der Waals surface area contributed by atoms with E-state index >= 15 is 0 Å². The number of phenols is 1. The predicted molar refractivity (Wildman–Crippen MR) is 110 cm³/mol. The fourth-order valence-corrected chi connectivity index (χ4v) is 3.91. The van der Waals surface area contributed by atoms with Crippen LogP contribution < -0.4 is 5.43 Å². The Morgan fingerprint density at radius 2 is 1.46 bits per heavy atom. The lowest BCUT2D eigenvalue weighted by Crippen LogP contribution is -2.26. The maximum Gasteiger partial charge on any atom is 0.244 e. The first-order valence-electron chi connectivity index (χ1n) is 9.36. The Kier molecular flexibility index (Phi) is 4.70. The average molecular weight is 370 g/mol. The van der Waals surface area contributed by atoms with Crippen molar-refractivity contribution in [3.63, 3.8) is 0 Å². The van der Waals surface area contributed by atoms with Crippen molar-refractivity contribution in [2.24, 2.45) is 11.0 Å². The number of carbonyl (C=O) groups is 1. The normalized spacial score (nSPS) is 17.8. The van der Waals surface area contributed by atoms with Gasteiger partial charge in [-0.05, 0) is 36.6 Å². The number of para-hydroxylation sites is 1. The van der Waals surface area contributed by atoms with E-state index in [1.165, 1.54) is 0 Å². The number of hydrazone groups is 1. The first-order chi connectivity index (χ1) is 13.6. The summed E-state index contributed by atoms with van der Waals surface area (Å²) in [6, 6.07) is 27.3. The van der Waals surface area contributed by atoms with Crippen LogP contribution in [-0.2, 0) is 10.2 Å². The lowest BCUT2D eigenvalue weighted by molar-refractivity contribution is -0.122. The highest BCUT2D eigenvalue weighted by molar-refractivity contribution is 6.01. The van der Waals surface area contributed by atoms with Crippen molar-refractivity contribution in [2.75, 3.05) is 0 Å². The molecule has 1 atom stereocenters. The molecule has 2 N–H and O–H groups in total. The molecule has 0 bridgehead atoms. The average Bonchev–Trinajstić information content (AvgIpc) is 3.51. The minimum atomic E-state index is -0.315. The second-order valence-electron chi connectivity index (χ2n) is 7.15. The molecule has 4 nitrogen and oxygen atoms in total. The van der Waals surface area contributed by atoms with Gasteiger partial charge in [0.15, 0.2) is 0 Å². The molecule has 3 aromatic rings. The first kappa shape index (κ1) is 18.0. The van der Waals surface area contributed by atoms with Gasteiger partial charge in [0.1, 0.15) is 5.75 Å². The zero-order chi connectivity index (χ0) is 19.6. The lowest BCUT2D eigenvalue weighted by atomic mass is 9.85. The quantitative estimate of drug-likeness (QED) is 0.521. The van der Waals surface area contributed by atoms with Gasteiger partial charge in [-0.1, -0.05) is 72.8 Å². The van der Waals surface area contributed by atoms with Crippen molar-refractivity contribution in [1.29, 1.82) is 0 Å². The maximum absolute atomic E-state index is 12.9. The molecule has 0 saturated heterocycles. The molecule has 1 aliphatic rings. The summed E-state index contributed by atoms with van der Waals surface area (Å²) in [6.07, 6.45) is 0.748. The number of hydrogen-bond acceptors (Lipinski definition) is 3. The van der Waals surface area contributed by atoms with Gasteiger partial charge in [0, 0.05) is 11.0 Å². The fraction of sp³-hybridized carbons (Fsp3) is 0.167. The van der Waals surface area contributed by atoms with E-state index < -0.39 is 0 Å². The Morgan fingerprint density at radius 1 is 0.929 bits per heavy atom. The lowest BCUT2D eigenvalue weighted by Gasteiger charge is -2.18. The van der Waals surface area contributed by atoms with Crippen LogP contribution in [-0.4, -0.2) is 16.7 Å². The molecule has 4 heteroatoms. The second kappa shape index (κ2) is 7.31. The predicted octanol–water partition coefficient (Wildman–Crippen LogP) is 4.24. The highest BCUT2D eigenvalue weighted by atomic mass is 16.3. The highest BCUT2D eigenvalue weighted by Crippen LogP contribution is 2.58. The van der Waals surface area contributed by atoms with Gasteiger partial charge in [-0.2, -0.15) is 5.10 Å². The van der Waals surface area contributed by atoms with Gasteiger partial charge in [-0.25, -0.2) is 5.43 Å². The van der Waals surface area contributed by atoms with Crippen LogP contribution in [0.1, 0.15) is 30.0 Å². The van der Waals surface area contributed by atoms with Crippen molar-refractivity contribution in [1.82, 2.24) is 5.43 Å². The van der Waals surface area contributed by atoms with Gasteiger partial charge < -0.3 is 5.11 Å². The molecule has 1 aliphatic carbocycles. The molecule has 1 amide bonds. The number of hydrogen-bond donors (Lipinski definition) is 2. The topological polar surface area (TPSA) is 61.7 Å². The van der Waals surface area contributed by atoms with Crippen LogP contribution in [0, 0.1) is 5.92 Å². The standard InChI is InChI=1S/C24H22N2O2/c1-17(20-14-8-9-15-22(20)27)25-26-23(28)21-16-24(21,18-10-4-2-5-11-18)19-12-6-3-7-13-19/h2-15,21,27H,16H2,1H3,(H,26,28)/b25-17+/t21-/m0/s1. The SMILES string of the molecule is C/C(=N\NC(=O)[C@@H]1CC1(c1ccccc1)c1ccccc1)c1ccccc1O. The summed E-state index contributed by atoms with van der Waals surface area (Å²) in [7, 11) is 0. The highest BCUT2D eigenvalue weighted by Gasteiger charge is 2.60. The van der Waals surface area contributed by atoms with Crippen LogP contribution in [0.2, 0.25) is 0 Å². The van der Waals surface area contributed by atoms with E-state index in [1.807, 2.05) is 42.5 Å². The van der Waals surface area contributed by atoms with E-state index in [0.717, 1.165) is 17.5 Å². The molecule has 1 saturated carbocycles. The van der Waals surface area contributed by atoms with Crippen LogP contribution in [0.3, 0.4) is 0 Å². The largest absolute Gasteiger partial charge is 0.507 e. The monoisotopic (exact) mass is 370 g/mol. The summed E-state index contributed by atoms with van der Waals surface area (Å²) in [6.45, 7) is 1.77. The number of phenolic OH excluding ortho intramolecular Hbond substituents is 1. The molecule has 140 valence electrons. The first-order valence-corrected chi connectivity index (χ1v) is 9.36. The summed E-state index contributed by atoms with van der Waals surface area (Å²) in [5.74, 6) is -0.145. The second-order valence-corrected chi connectivity index (χ2v) is 7.15. The molecule has 0 aromatic heterocycles. The zero-order valence-electron chi connectivity index (χ0n) is 15.7. The molecule has 0 aliphatic heterocycles. The molecule has 1 fully saturated rings. The molecule has 3 aromatic carbocycles. The summed E-state index contributed by atoms with van der Waals surface area (Å²) in [5, 5.41) is 14.2. The molecular formula is C24H22N2O2. The van der Waals surface area contributed by atoms with Gasteiger partial charge >= 0.3 is 0 Å². The third-order valence-electron chi connectivity index (χ3n) is 5.48. The number of nitrogens with one attached hydrogen (secondary N) is 1. The number of nitrogens with zero attached hydrogens (tertiary/aromatic N) is 1. The summed E-state index contributed by atoms with van der Waals surface area (Å²) in [4.78, 5) is 12.9. The minimum absolute atomic E-state index is 0.109. The maximum atomic E-state index is 12.9. The zero-order valence-corrected chi connectivity index (χ0v) is 15.7. The smallest absolute Gasteiger partial charge is 0.244 e. The Bertz CT molecular complexity index is 974. The third kappa shape index (κ3) is 3.18. The third-order valence-corrected chi connectivity index (χ3v) is 5.48. The van der Waals surface area contributed by atoms with Crippen LogP contribution >= 0.6 is 0 Å². The van der Waals surface area contributed by atoms with Gasteiger partial charge in [0.05, 0.1) is 11.6 Å². The summed E-state index contributed by atoms with van der Waals surface area (Å²) >= 11 is 0. The van der Waals surface area contributed by atoms with Crippen LogP contribution in [0.15, 0.2) is 90.0 Å². The molecule has 0 radical (unpaired) electrons. The van der Waals surface area contributed by atoms with Crippen molar-refractivity contribution in [2.45, 2.75) is 18.8 Å². The number of aromatic hydroxyl groups is 1. The van der Waals surface area contributed by atoms with Crippen molar-refractivity contribution < 1.29 is 9.90 Å². The number of rotatable bonds is 5. The van der Waals surface area contributed by atoms with Gasteiger partial charge in [0.2, 0.25) is 5.91 Å². The fourth-order valence-electron chi connectivity index (χ4n) is 3.91. The number of benzene rings is 3. The molecule has 28 heavy (non-hydrogen) atoms. The van der Waals surface area contributed by atoms with E-state index in [0.29, 0.717) is 11.3 Å². The molecular weight excluding hydrogens is 348 g/mol. The van der Waals surface area contributed by atoms with Crippen LogP contribution in [0.4, 0.5) is 0 Å². The summed E-state index contributed by atoms with van der Waals surface area (Å²) < 4.78 is 0. The Morgan fingerprint density at radius 3 is 2.04 bits per heavy atom. The van der Waals surface area contributed by atoms with Crippen LogP contribution in [0.5, 0.6) is 5.75 Å². The van der Waals surface area contributed by atoms with Gasteiger partial charge in [-0.15, -0.1) is 0 Å². The van der Waals surface area contributed by atoms with Crippen molar-refractivity contribution in [3.8, 4) is 5.75 Å². The van der Waals surface area contributed by atoms with Crippen LogP contribution in [0.25, 0.3) is 0 Å².